The molecule has 1 heteroatoms. The molecule has 0 spiro atoms. The summed E-state index contributed by atoms with van der Waals surface area (Å²) in [7, 11) is 0.516. The Labute approximate surface area is 130 Å². The van der Waals surface area contributed by atoms with Crippen LogP contribution in [0.1, 0.15) is 24.8 Å². The summed E-state index contributed by atoms with van der Waals surface area (Å²) in [5.74, 6) is 7.33. The van der Waals surface area contributed by atoms with Crippen molar-refractivity contribution in [1.29, 1.82) is 0 Å². The van der Waals surface area contributed by atoms with E-state index in [9.17, 15) is 0 Å². The second-order valence-electron chi connectivity index (χ2n) is 7.41. The highest BCUT2D eigenvalue weighted by molar-refractivity contribution is 7.97. The van der Waals surface area contributed by atoms with Crippen molar-refractivity contribution in [2.45, 2.75) is 31.1 Å². The highest BCUT2D eigenvalue weighted by Gasteiger charge is 2.56. The van der Waals surface area contributed by atoms with Gasteiger partial charge in [0.1, 0.15) is 11.5 Å². The minimum atomic E-state index is 0.516. The van der Waals surface area contributed by atoms with E-state index in [-0.39, 0.29) is 0 Å². The number of aryl methyl sites for hydroxylation is 1. The lowest BCUT2D eigenvalue weighted by atomic mass is 9.82. The Hall–Kier alpha value is -0.950. The molecule has 1 aliphatic heterocycles. The van der Waals surface area contributed by atoms with Crippen LogP contribution in [-0.4, -0.2) is 11.5 Å². The van der Waals surface area contributed by atoms with Crippen molar-refractivity contribution in [3.63, 3.8) is 0 Å². The molecule has 2 aromatic rings. The molecule has 3 aliphatic rings. The number of fused-ring (bicyclic) bond motifs is 6. The van der Waals surface area contributed by atoms with Crippen LogP contribution >= 0.6 is 0 Å². The van der Waals surface area contributed by atoms with Crippen LogP contribution in [0.4, 0.5) is 0 Å². The van der Waals surface area contributed by atoms with Gasteiger partial charge < -0.3 is 0 Å². The fourth-order valence-electron chi connectivity index (χ4n) is 5.44. The van der Waals surface area contributed by atoms with Gasteiger partial charge in [0, 0.05) is 28.1 Å². The van der Waals surface area contributed by atoms with E-state index in [1.165, 1.54) is 40.7 Å². The van der Waals surface area contributed by atoms with Gasteiger partial charge in [0.2, 0.25) is 0 Å². The first-order chi connectivity index (χ1) is 10.3. The fourth-order valence-corrected chi connectivity index (χ4v) is 8.65. The Morgan fingerprint density at radius 2 is 1.52 bits per heavy atom. The van der Waals surface area contributed by atoms with Gasteiger partial charge in [-0.25, -0.2) is 0 Å². The van der Waals surface area contributed by atoms with Gasteiger partial charge in [0.15, 0.2) is 4.90 Å². The maximum Gasteiger partial charge on any atom is 0.162 e. The van der Waals surface area contributed by atoms with Crippen molar-refractivity contribution < 1.29 is 0 Å². The molecule has 2 bridgehead atoms. The SMILES string of the molecule is Cc1ccc([S+]2CC3C4CCC(C4)C3C2)c2ccccc12. The molecular weight excluding hydrogens is 272 g/mol. The molecule has 1 heterocycles. The molecule has 0 aromatic heterocycles. The molecule has 0 radical (unpaired) electrons. The summed E-state index contributed by atoms with van der Waals surface area (Å²) in [4.78, 5) is 1.67. The molecule has 4 unspecified atom stereocenters. The van der Waals surface area contributed by atoms with Gasteiger partial charge in [-0.2, -0.15) is 0 Å². The Balaban J connectivity index is 1.56. The third kappa shape index (κ3) is 1.76. The predicted molar refractivity (Wildman–Crippen MR) is 91.9 cm³/mol. The third-order valence-corrected chi connectivity index (χ3v) is 9.03. The molecule has 0 amide bonds. The van der Waals surface area contributed by atoms with Crippen LogP contribution in [0, 0.1) is 30.6 Å². The third-order valence-electron chi connectivity index (χ3n) is 6.48. The van der Waals surface area contributed by atoms with E-state index < -0.39 is 0 Å². The maximum atomic E-state index is 2.45. The minimum Gasteiger partial charge on any atom is -0.0616 e. The first kappa shape index (κ1) is 12.6. The van der Waals surface area contributed by atoms with Crippen molar-refractivity contribution in [2.24, 2.45) is 23.7 Å². The summed E-state index contributed by atoms with van der Waals surface area (Å²) in [5, 5.41) is 3.01. The fraction of sp³-hybridized carbons (Fsp3) is 0.500. The lowest BCUT2D eigenvalue weighted by Gasteiger charge is -2.19. The van der Waals surface area contributed by atoms with E-state index in [4.69, 9.17) is 0 Å². The normalized spacial score (nSPS) is 37.3. The molecule has 2 aliphatic carbocycles. The van der Waals surface area contributed by atoms with E-state index in [1.54, 1.807) is 11.3 Å². The summed E-state index contributed by atoms with van der Waals surface area (Å²) >= 11 is 0. The second kappa shape index (κ2) is 4.52. The van der Waals surface area contributed by atoms with Crippen LogP contribution in [0.5, 0.6) is 0 Å². The molecule has 5 rings (SSSR count). The summed E-state index contributed by atoms with van der Waals surface area (Å²) in [6.45, 7) is 2.25. The van der Waals surface area contributed by atoms with Gasteiger partial charge in [-0.3, -0.25) is 0 Å². The summed E-state index contributed by atoms with van der Waals surface area (Å²) in [6, 6.07) is 13.9. The number of benzene rings is 2. The van der Waals surface area contributed by atoms with Crippen molar-refractivity contribution in [1.82, 2.24) is 0 Å². The van der Waals surface area contributed by atoms with Gasteiger partial charge in [-0.05, 0) is 61.1 Å². The zero-order valence-corrected chi connectivity index (χ0v) is 13.5. The van der Waals surface area contributed by atoms with Crippen LogP contribution in [-0.2, 0) is 10.9 Å². The maximum absolute atomic E-state index is 2.45. The van der Waals surface area contributed by atoms with Gasteiger partial charge in [0.05, 0.1) is 0 Å². The smallest absolute Gasteiger partial charge is 0.0616 e. The first-order valence-electron chi connectivity index (χ1n) is 8.47. The van der Waals surface area contributed by atoms with E-state index >= 15 is 0 Å². The van der Waals surface area contributed by atoms with Gasteiger partial charge in [-0.1, -0.05) is 24.3 Å². The second-order valence-corrected chi connectivity index (χ2v) is 9.51. The molecular formula is C20H23S+. The van der Waals surface area contributed by atoms with Crippen LogP contribution in [0.15, 0.2) is 41.3 Å². The molecule has 2 aromatic carbocycles. The first-order valence-corrected chi connectivity index (χ1v) is 10.0. The van der Waals surface area contributed by atoms with Gasteiger partial charge >= 0.3 is 0 Å². The molecule has 2 saturated carbocycles. The molecule has 108 valence electrons. The van der Waals surface area contributed by atoms with Crippen LogP contribution in [0.3, 0.4) is 0 Å². The summed E-state index contributed by atoms with van der Waals surface area (Å²) < 4.78 is 0. The Kier molecular flexibility index (Phi) is 2.71. The number of hydrogen-bond donors (Lipinski definition) is 0. The van der Waals surface area contributed by atoms with Crippen LogP contribution in [0.2, 0.25) is 0 Å². The van der Waals surface area contributed by atoms with Crippen molar-refractivity contribution >= 4 is 21.7 Å². The predicted octanol–water partition coefficient (Wildman–Crippen LogP) is 4.80. The lowest BCUT2D eigenvalue weighted by Crippen LogP contribution is -2.19. The van der Waals surface area contributed by atoms with E-state index in [0.29, 0.717) is 10.9 Å². The minimum absolute atomic E-state index is 0.516. The highest BCUT2D eigenvalue weighted by Crippen LogP contribution is 2.57. The molecule has 21 heavy (non-hydrogen) atoms. The van der Waals surface area contributed by atoms with E-state index in [2.05, 4.69) is 43.3 Å². The quantitative estimate of drug-likeness (QED) is 0.663. The molecule has 4 atom stereocenters. The Bertz CT molecular complexity index is 686. The van der Waals surface area contributed by atoms with Crippen molar-refractivity contribution in [3.8, 4) is 0 Å². The molecule has 1 saturated heterocycles. The molecule has 3 fully saturated rings. The summed E-state index contributed by atoms with van der Waals surface area (Å²) in [5.41, 5.74) is 1.43. The molecule has 0 N–H and O–H groups in total. The zero-order chi connectivity index (χ0) is 14.0. The average Bonchev–Trinajstić information content (AvgIpc) is 3.20. The number of rotatable bonds is 1. The van der Waals surface area contributed by atoms with Gasteiger partial charge in [-0.15, -0.1) is 0 Å². The Morgan fingerprint density at radius 1 is 0.857 bits per heavy atom. The monoisotopic (exact) mass is 295 g/mol. The summed E-state index contributed by atoms with van der Waals surface area (Å²) in [6.07, 6.45) is 4.65. The molecule has 0 nitrogen and oxygen atoms in total. The highest BCUT2D eigenvalue weighted by atomic mass is 32.2. The van der Waals surface area contributed by atoms with Crippen molar-refractivity contribution in [2.75, 3.05) is 11.5 Å². The van der Waals surface area contributed by atoms with Gasteiger partial charge in [0.25, 0.3) is 0 Å². The average molecular weight is 295 g/mol. The largest absolute Gasteiger partial charge is 0.162 e. The van der Waals surface area contributed by atoms with Crippen LogP contribution in [0.25, 0.3) is 10.8 Å². The van der Waals surface area contributed by atoms with Crippen LogP contribution < -0.4 is 0 Å². The lowest BCUT2D eigenvalue weighted by molar-refractivity contribution is 0.281. The topological polar surface area (TPSA) is 0 Å². The Morgan fingerprint density at radius 3 is 2.24 bits per heavy atom. The number of hydrogen-bond acceptors (Lipinski definition) is 0. The van der Waals surface area contributed by atoms with E-state index in [0.717, 1.165) is 23.7 Å². The van der Waals surface area contributed by atoms with Crippen molar-refractivity contribution in [3.05, 3.63) is 42.0 Å². The van der Waals surface area contributed by atoms with E-state index in [1.807, 2.05) is 0 Å². The standard InChI is InChI=1S/C20H23S/c1-13-6-9-20(17-5-3-2-4-16(13)17)21-11-18-14-7-8-15(10-14)19(18)12-21/h2-6,9,14-15,18-19H,7-8,10-12H2,1H3/q+1. The zero-order valence-electron chi connectivity index (χ0n) is 12.7.